The average Bonchev–Trinajstić information content (AvgIpc) is 3.27. The zero-order chi connectivity index (χ0) is 27.3. The van der Waals surface area contributed by atoms with Crippen molar-refractivity contribution in [3.05, 3.63) is 71.4 Å². The van der Waals surface area contributed by atoms with Gasteiger partial charge in [0.2, 0.25) is 5.91 Å². The standard InChI is InChI=1S/C28H27F2N5O3S/c1-15-13-17(38-24-18(29)6-3-7-19(24)30)8-9-20(15)35-21-10-11-31-27-22(21)23(33-28(35)37)25(39-27)26(36)32-16-5-4-12-34(2)14-16/h3,6-11,13,16,23,25H,4-5,12,14H2,1-2H3,(H,32,36)(H,33,37)/t16?,23?,25-/m1/s1. The van der Waals surface area contributed by atoms with Crippen molar-refractivity contribution in [2.45, 2.75) is 42.1 Å². The van der Waals surface area contributed by atoms with Crippen LogP contribution in [0.5, 0.6) is 11.5 Å². The SMILES string of the molecule is Cc1cc(Oc2c(F)cccc2F)ccc1N1C(=O)NC2c3c1ccnc3S[C@H]2C(=O)NC1CCCN(C)C1. The summed E-state index contributed by atoms with van der Waals surface area (Å²) in [6.07, 6.45) is 3.59. The number of piperidine rings is 1. The highest BCUT2D eigenvalue weighted by Crippen LogP contribution is 2.51. The zero-order valence-corrected chi connectivity index (χ0v) is 22.2. The van der Waals surface area contributed by atoms with Crippen molar-refractivity contribution in [3.63, 3.8) is 0 Å². The van der Waals surface area contributed by atoms with Gasteiger partial charge in [-0.25, -0.2) is 18.6 Å². The van der Waals surface area contributed by atoms with Crippen molar-refractivity contribution >= 4 is 35.1 Å². The van der Waals surface area contributed by atoms with E-state index in [1.165, 1.54) is 22.7 Å². The summed E-state index contributed by atoms with van der Waals surface area (Å²) in [6, 6.07) is 9.31. The minimum Gasteiger partial charge on any atom is -0.451 e. The molecule has 3 aliphatic heterocycles. The van der Waals surface area contributed by atoms with Crippen LogP contribution in [0.2, 0.25) is 0 Å². The highest BCUT2D eigenvalue weighted by atomic mass is 32.2. The molecule has 39 heavy (non-hydrogen) atoms. The minimum absolute atomic E-state index is 0.0741. The molecule has 3 atom stereocenters. The van der Waals surface area contributed by atoms with E-state index >= 15 is 0 Å². The number of urea groups is 1. The Bertz CT molecular complexity index is 1450. The first-order chi connectivity index (χ1) is 18.8. The predicted molar refractivity (Wildman–Crippen MR) is 144 cm³/mol. The fourth-order valence-electron chi connectivity index (χ4n) is 5.47. The van der Waals surface area contributed by atoms with Crippen LogP contribution in [0, 0.1) is 18.6 Å². The second-order valence-electron chi connectivity index (χ2n) is 10.1. The number of carbonyl (C=O) groups excluding carboxylic acids is 2. The number of amides is 3. The lowest BCUT2D eigenvalue weighted by molar-refractivity contribution is -0.122. The van der Waals surface area contributed by atoms with E-state index in [0.29, 0.717) is 22.0 Å². The Morgan fingerprint density at radius 1 is 1.18 bits per heavy atom. The minimum atomic E-state index is -0.808. The first-order valence-electron chi connectivity index (χ1n) is 12.8. The van der Waals surface area contributed by atoms with Gasteiger partial charge in [-0.1, -0.05) is 17.8 Å². The Hall–Kier alpha value is -3.70. The predicted octanol–water partition coefficient (Wildman–Crippen LogP) is 5.05. The maximum Gasteiger partial charge on any atom is 0.327 e. The molecule has 202 valence electrons. The second-order valence-corrected chi connectivity index (χ2v) is 11.2. The molecule has 2 N–H and O–H groups in total. The summed E-state index contributed by atoms with van der Waals surface area (Å²) in [5, 5.41) is 6.37. The van der Waals surface area contributed by atoms with Crippen LogP contribution in [0.25, 0.3) is 0 Å². The van der Waals surface area contributed by atoms with Gasteiger partial charge in [0.15, 0.2) is 17.4 Å². The van der Waals surface area contributed by atoms with Crippen LogP contribution in [0.1, 0.15) is 30.0 Å². The summed E-state index contributed by atoms with van der Waals surface area (Å²) in [6.45, 7) is 3.60. The summed E-state index contributed by atoms with van der Waals surface area (Å²) < 4.78 is 33.6. The zero-order valence-electron chi connectivity index (χ0n) is 21.4. The second kappa shape index (κ2) is 10.1. The molecule has 1 aromatic heterocycles. The van der Waals surface area contributed by atoms with E-state index in [1.807, 2.05) is 7.05 Å². The van der Waals surface area contributed by atoms with Gasteiger partial charge < -0.3 is 20.3 Å². The highest BCUT2D eigenvalue weighted by molar-refractivity contribution is 8.01. The monoisotopic (exact) mass is 551 g/mol. The topological polar surface area (TPSA) is 86.8 Å². The Labute approximate surface area is 228 Å². The third kappa shape index (κ3) is 4.70. The lowest BCUT2D eigenvalue weighted by Crippen LogP contribution is -2.52. The van der Waals surface area contributed by atoms with Crippen LogP contribution in [-0.4, -0.2) is 53.3 Å². The van der Waals surface area contributed by atoms with Gasteiger partial charge in [0.25, 0.3) is 0 Å². The number of para-hydroxylation sites is 1. The maximum atomic E-state index is 14.1. The van der Waals surface area contributed by atoms with Gasteiger partial charge in [-0.2, -0.15) is 0 Å². The molecule has 3 aliphatic rings. The smallest absolute Gasteiger partial charge is 0.327 e. The fourth-order valence-corrected chi connectivity index (χ4v) is 6.71. The van der Waals surface area contributed by atoms with E-state index in [9.17, 15) is 18.4 Å². The molecular formula is C28H27F2N5O3S. The molecule has 0 bridgehead atoms. The van der Waals surface area contributed by atoms with Gasteiger partial charge in [0, 0.05) is 24.3 Å². The molecule has 2 aromatic carbocycles. The lowest BCUT2D eigenvalue weighted by Gasteiger charge is -2.35. The van der Waals surface area contributed by atoms with Crippen molar-refractivity contribution in [1.82, 2.24) is 20.5 Å². The largest absolute Gasteiger partial charge is 0.451 e. The molecule has 4 heterocycles. The number of likely N-dealkylation sites (tertiary alicyclic amines) is 1. The van der Waals surface area contributed by atoms with Crippen molar-refractivity contribution in [1.29, 1.82) is 0 Å². The van der Waals surface area contributed by atoms with E-state index in [4.69, 9.17) is 4.74 Å². The Morgan fingerprint density at radius 2 is 1.97 bits per heavy atom. The molecular weight excluding hydrogens is 524 g/mol. The number of ether oxygens (including phenoxy) is 1. The van der Waals surface area contributed by atoms with Gasteiger partial charge in [-0.3, -0.25) is 9.69 Å². The first kappa shape index (κ1) is 25.6. The van der Waals surface area contributed by atoms with Gasteiger partial charge in [0.05, 0.1) is 17.4 Å². The van der Waals surface area contributed by atoms with E-state index in [0.717, 1.165) is 43.6 Å². The van der Waals surface area contributed by atoms with E-state index in [2.05, 4.69) is 20.5 Å². The molecule has 8 nitrogen and oxygen atoms in total. The molecule has 3 amide bonds. The fraction of sp³-hybridized carbons (Fsp3) is 0.321. The number of rotatable bonds is 5. The van der Waals surface area contributed by atoms with Crippen LogP contribution >= 0.6 is 11.8 Å². The van der Waals surface area contributed by atoms with E-state index in [-0.39, 0.29) is 23.7 Å². The van der Waals surface area contributed by atoms with Crippen molar-refractivity contribution in [3.8, 4) is 11.5 Å². The number of nitrogens with one attached hydrogen (secondary N) is 2. The Morgan fingerprint density at radius 3 is 2.72 bits per heavy atom. The number of nitrogens with zero attached hydrogens (tertiary/aromatic N) is 3. The number of likely N-dealkylation sites (N-methyl/N-ethyl adjacent to an activating group) is 1. The lowest BCUT2D eigenvalue weighted by atomic mass is 9.98. The number of anilines is 2. The van der Waals surface area contributed by atoms with Crippen molar-refractivity contribution < 1.29 is 23.1 Å². The highest BCUT2D eigenvalue weighted by Gasteiger charge is 2.47. The van der Waals surface area contributed by atoms with Crippen LogP contribution in [0.3, 0.4) is 0 Å². The summed E-state index contributed by atoms with van der Waals surface area (Å²) in [5.41, 5.74) is 2.68. The quantitative estimate of drug-likeness (QED) is 0.462. The number of thioether (sulfide) groups is 1. The third-order valence-electron chi connectivity index (χ3n) is 7.28. The van der Waals surface area contributed by atoms with Crippen LogP contribution < -0.4 is 20.3 Å². The number of aromatic nitrogens is 1. The van der Waals surface area contributed by atoms with Crippen LogP contribution in [0.15, 0.2) is 53.7 Å². The van der Waals surface area contributed by atoms with E-state index < -0.39 is 28.7 Å². The third-order valence-corrected chi connectivity index (χ3v) is 8.57. The molecule has 1 saturated heterocycles. The normalized spacial score (nSPS) is 22.3. The van der Waals surface area contributed by atoms with Crippen molar-refractivity contribution in [2.24, 2.45) is 0 Å². The summed E-state index contributed by atoms with van der Waals surface area (Å²) >= 11 is 1.36. The van der Waals surface area contributed by atoms with Crippen molar-refractivity contribution in [2.75, 3.05) is 25.0 Å². The molecule has 0 spiro atoms. The molecule has 3 aromatic rings. The molecule has 0 aliphatic carbocycles. The van der Waals surface area contributed by atoms with Gasteiger partial charge in [-0.15, -0.1) is 0 Å². The molecule has 11 heteroatoms. The summed E-state index contributed by atoms with van der Waals surface area (Å²) in [5.74, 6) is -1.98. The maximum absolute atomic E-state index is 14.1. The van der Waals surface area contributed by atoms with Gasteiger partial charge >= 0.3 is 6.03 Å². The number of carbonyl (C=O) groups is 2. The summed E-state index contributed by atoms with van der Waals surface area (Å²) in [4.78, 5) is 35.1. The number of benzene rings is 2. The number of hydrogen-bond donors (Lipinski definition) is 2. The first-order valence-corrected chi connectivity index (χ1v) is 13.7. The number of hydrogen-bond acceptors (Lipinski definition) is 6. The number of pyridine rings is 1. The summed E-state index contributed by atoms with van der Waals surface area (Å²) in [7, 11) is 2.05. The molecule has 2 unspecified atom stereocenters. The molecule has 0 radical (unpaired) electrons. The van der Waals surface area contributed by atoms with Gasteiger partial charge in [0.1, 0.15) is 16.0 Å². The van der Waals surface area contributed by atoms with Crippen LogP contribution in [0.4, 0.5) is 25.0 Å². The molecule has 6 rings (SSSR count). The number of halogens is 2. The van der Waals surface area contributed by atoms with Gasteiger partial charge in [-0.05, 0) is 75.3 Å². The number of aryl methyl sites for hydroxylation is 1. The average molecular weight is 552 g/mol. The Balaban J connectivity index is 1.27. The Kier molecular flexibility index (Phi) is 6.64. The molecule has 1 fully saturated rings. The molecule has 0 saturated carbocycles. The van der Waals surface area contributed by atoms with Crippen LogP contribution in [-0.2, 0) is 4.79 Å². The van der Waals surface area contributed by atoms with E-state index in [1.54, 1.807) is 37.4 Å².